The number of aliphatic hydroxyl groups excluding tert-OH is 1. The molecule has 0 aromatic carbocycles. The Labute approximate surface area is 113 Å². The van der Waals surface area contributed by atoms with Crippen LogP contribution in [-0.4, -0.2) is 85.9 Å². The van der Waals surface area contributed by atoms with Crippen molar-refractivity contribution in [3.8, 4) is 0 Å². The van der Waals surface area contributed by atoms with Crippen LogP contribution in [0, 0.1) is 0 Å². The summed E-state index contributed by atoms with van der Waals surface area (Å²) in [6.45, 7) is 4.24. The lowest BCUT2D eigenvalue weighted by Gasteiger charge is -2.37. The summed E-state index contributed by atoms with van der Waals surface area (Å²) in [6.07, 6.45) is -1.15. The third-order valence-corrected chi connectivity index (χ3v) is 5.30. The summed E-state index contributed by atoms with van der Waals surface area (Å²) in [5.41, 5.74) is 0. The summed E-state index contributed by atoms with van der Waals surface area (Å²) >= 11 is 0. The van der Waals surface area contributed by atoms with Gasteiger partial charge in [0.1, 0.15) is 0 Å². The quantitative estimate of drug-likeness (QED) is 0.696. The summed E-state index contributed by atoms with van der Waals surface area (Å²) < 4.78 is 27.9. The number of carbonyl (C=O) groups excluding carboxylic acids is 1. The topological polar surface area (TPSA) is 87.2 Å². The first-order chi connectivity index (χ1) is 8.93. The summed E-state index contributed by atoms with van der Waals surface area (Å²) in [5.74, 6) is -0.149. The van der Waals surface area contributed by atoms with Crippen LogP contribution in [0.4, 0.5) is 4.79 Å². The van der Waals surface area contributed by atoms with Crippen LogP contribution >= 0.6 is 0 Å². The highest BCUT2D eigenvalue weighted by Gasteiger charge is 2.41. The number of aliphatic hydroxyl groups is 1. The molecule has 0 radical (unpaired) electrons. The Morgan fingerprint density at radius 2 is 1.89 bits per heavy atom. The molecule has 0 saturated carbocycles. The average molecular weight is 292 g/mol. The summed E-state index contributed by atoms with van der Waals surface area (Å²) in [7, 11) is -3.13. The zero-order valence-electron chi connectivity index (χ0n) is 11.0. The van der Waals surface area contributed by atoms with Crippen LogP contribution in [0.15, 0.2) is 0 Å². The second kappa shape index (κ2) is 5.64. The molecule has 2 fully saturated rings. The van der Waals surface area contributed by atoms with Gasteiger partial charge in [-0.15, -0.1) is 0 Å². The molecule has 1 amide bonds. The average Bonchev–Trinajstić information content (AvgIpc) is 2.63. The molecule has 8 heteroatoms. The van der Waals surface area contributed by atoms with Crippen molar-refractivity contribution in [1.82, 2.24) is 9.80 Å². The Hall–Kier alpha value is -0.860. The van der Waals surface area contributed by atoms with E-state index in [-0.39, 0.29) is 23.6 Å². The molecule has 2 heterocycles. The van der Waals surface area contributed by atoms with E-state index in [9.17, 15) is 18.3 Å². The molecule has 2 aliphatic heterocycles. The molecule has 1 N–H and O–H groups in total. The van der Waals surface area contributed by atoms with Crippen LogP contribution in [0.25, 0.3) is 0 Å². The van der Waals surface area contributed by atoms with Gasteiger partial charge in [0.2, 0.25) is 0 Å². The third kappa shape index (κ3) is 3.37. The third-order valence-electron chi connectivity index (χ3n) is 3.60. The van der Waals surface area contributed by atoms with E-state index in [0.29, 0.717) is 32.8 Å². The normalized spacial score (nSPS) is 31.4. The van der Waals surface area contributed by atoms with Crippen LogP contribution in [0.3, 0.4) is 0 Å². The van der Waals surface area contributed by atoms with Crippen LogP contribution in [0.2, 0.25) is 0 Å². The van der Waals surface area contributed by atoms with Crippen molar-refractivity contribution in [2.75, 3.05) is 44.3 Å². The smallest absolute Gasteiger partial charge is 0.409 e. The van der Waals surface area contributed by atoms with Crippen molar-refractivity contribution in [3.05, 3.63) is 0 Å². The number of hydrogen-bond acceptors (Lipinski definition) is 6. The van der Waals surface area contributed by atoms with Gasteiger partial charge in [-0.25, -0.2) is 13.2 Å². The molecular formula is C11H20N2O5S. The second-order valence-electron chi connectivity index (χ2n) is 4.93. The summed E-state index contributed by atoms with van der Waals surface area (Å²) in [6, 6.07) is -0.339. The fourth-order valence-corrected chi connectivity index (χ4v) is 4.44. The molecule has 2 atom stereocenters. The van der Waals surface area contributed by atoms with E-state index in [2.05, 4.69) is 0 Å². The molecule has 0 aliphatic carbocycles. The van der Waals surface area contributed by atoms with Crippen LogP contribution in [-0.2, 0) is 14.6 Å². The lowest BCUT2D eigenvalue weighted by Crippen LogP contribution is -2.54. The van der Waals surface area contributed by atoms with E-state index < -0.39 is 15.9 Å². The predicted octanol–water partition coefficient (Wildman–Crippen LogP) is -1.08. The van der Waals surface area contributed by atoms with Gasteiger partial charge in [0.05, 0.1) is 30.3 Å². The highest BCUT2D eigenvalue weighted by Crippen LogP contribution is 2.20. The zero-order chi connectivity index (χ0) is 14.0. The van der Waals surface area contributed by atoms with Crippen molar-refractivity contribution < 1.29 is 23.1 Å². The predicted molar refractivity (Wildman–Crippen MR) is 68.6 cm³/mol. The van der Waals surface area contributed by atoms with Gasteiger partial charge in [0.15, 0.2) is 9.84 Å². The van der Waals surface area contributed by atoms with Gasteiger partial charge in [0, 0.05) is 26.2 Å². The monoisotopic (exact) mass is 292 g/mol. The van der Waals surface area contributed by atoms with E-state index in [1.165, 1.54) is 0 Å². The fourth-order valence-electron chi connectivity index (χ4n) is 2.61. The number of nitrogens with zero attached hydrogens (tertiary/aromatic N) is 2. The molecule has 2 unspecified atom stereocenters. The van der Waals surface area contributed by atoms with Gasteiger partial charge in [-0.1, -0.05) is 0 Å². The second-order valence-corrected chi connectivity index (χ2v) is 7.09. The lowest BCUT2D eigenvalue weighted by atomic mass is 10.1. The number of hydrogen-bond donors (Lipinski definition) is 1. The van der Waals surface area contributed by atoms with Crippen molar-refractivity contribution in [3.63, 3.8) is 0 Å². The van der Waals surface area contributed by atoms with Crippen molar-refractivity contribution in [2.45, 2.75) is 19.1 Å². The minimum atomic E-state index is -3.13. The zero-order valence-corrected chi connectivity index (χ0v) is 11.8. The first-order valence-corrected chi connectivity index (χ1v) is 8.29. The Bertz CT molecular complexity index is 430. The van der Waals surface area contributed by atoms with Gasteiger partial charge in [-0.3, -0.25) is 4.90 Å². The highest BCUT2D eigenvalue weighted by atomic mass is 32.2. The standard InChI is InChI=1S/C11H20N2O5S/c1-2-18-11(15)13-5-3-12(4-6-13)9-7-19(16,17)8-10(9)14/h9-10,14H,2-8H2,1H3. The number of piperazine rings is 1. The first kappa shape index (κ1) is 14.5. The summed E-state index contributed by atoms with van der Waals surface area (Å²) in [5, 5.41) is 9.81. The Kier molecular flexibility index (Phi) is 4.32. The number of carbonyl (C=O) groups is 1. The number of ether oxygens (including phenoxy) is 1. The van der Waals surface area contributed by atoms with Crippen molar-refractivity contribution in [2.24, 2.45) is 0 Å². The molecule has 110 valence electrons. The molecule has 2 rings (SSSR count). The minimum Gasteiger partial charge on any atom is -0.450 e. The number of amides is 1. The summed E-state index contributed by atoms with van der Waals surface area (Å²) in [4.78, 5) is 15.1. The van der Waals surface area contributed by atoms with Crippen molar-refractivity contribution in [1.29, 1.82) is 0 Å². The van der Waals surface area contributed by atoms with Gasteiger partial charge < -0.3 is 14.7 Å². The Morgan fingerprint density at radius 1 is 1.26 bits per heavy atom. The first-order valence-electron chi connectivity index (χ1n) is 6.47. The Morgan fingerprint density at radius 3 is 2.37 bits per heavy atom. The Balaban J connectivity index is 1.88. The molecule has 0 spiro atoms. The van der Waals surface area contributed by atoms with Gasteiger partial charge in [0.25, 0.3) is 0 Å². The van der Waals surface area contributed by atoms with Gasteiger partial charge in [-0.05, 0) is 6.92 Å². The van der Waals surface area contributed by atoms with E-state index in [1.54, 1.807) is 11.8 Å². The molecule has 0 aromatic heterocycles. The molecule has 0 bridgehead atoms. The molecular weight excluding hydrogens is 272 g/mol. The van der Waals surface area contributed by atoms with E-state index >= 15 is 0 Å². The van der Waals surface area contributed by atoms with Gasteiger partial charge >= 0.3 is 6.09 Å². The van der Waals surface area contributed by atoms with Crippen LogP contribution in [0.1, 0.15) is 6.92 Å². The lowest BCUT2D eigenvalue weighted by molar-refractivity contribution is 0.0376. The maximum atomic E-state index is 11.5. The van der Waals surface area contributed by atoms with E-state index in [1.807, 2.05) is 4.90 Å². The van der Waals surface area contributed by atoms with E-state index in [4.69, 9.17) is 4.74 Å². The van der Waals surface area contributed by atoms with E-state index in [0.717, 1.165) is 0 Å². The van der Waals surface area contributed by atoms with Crippen molar-refractivity contribution >= 4 is 15.9 Å². The van der Waals surface area contributed by atoms with Crippen LogP contribution < -0.4 is 0 Å². The molecule has 7 nitrogen and oxygen atoms in total. The SMILES string of the molecule is CCOC(=O)N1CCN(C2CS(=O)(=O)CC2O)CC1. The molecule has 2 aliphatic rings. The minimum absolute atomic E-state index is 0.00751. The molecule has 0 aromatic rings. The highest BCUT2D eigenvalue weighted by molar-refractivity contribution is 7.91. The largest absolute Gasteiger partial charge is 0.450 e. The number of rotatable bonds is 2. The maximum absolute atomic E-state index is 11.5. The number of sulfone groups is 1. The molecule has 2 saturated heterocycles. The van der Waals surface area contributed by atoms with Gasteiger partial charge in [-0.2, -0.15) is 0 Å². The maximum Gasteiger partial charge on any atom is 0.409 e. The molecule has 19 heavy (non-hydrogen) atoms. The fraction of sp³-hybridized carbons (Fsp3) is 0.909. The van der Waals surface area contributed by atoms with Crippen LogP contribution in [0.5, 0.6) is 0 Å².